The topological polar surface area (TPSA) is 32.3 Å². The lowest BCUT2D eigenvalue weighted by atomic mass is 9.87. The standard InChI is InChI=1S/C19H28N2O/c22-19(13-16-7-3-1-4-8-16)20-14-17-11-12-21(15-17)18-9-5-2-6-10-18/h2,5-6,9-10,16-17H,1,3-4,7-8,11-15H2,(H,20,22)/t17-/m1/s1. The summed E-state index contributed by atoms with van der Waals surface area (Å²) >= 11 is 0. The zero-order valence-electron chi connectivity index (χ0n) is 13.5. The Bertz CT molecular complexity index is 468. The number of anilines is 1. The maximum atomic E-state index is 12.1. The van der Waals surface area contributed by atoms with Crippen LogP contribution in [0.4, 0.5) is 5.69 Å². The maximum absolute atomic E-state index is 12.1. The molecule has 1 aromatic carbocycles. The highest BCUT2D eigenvalue weighted by atomic mass is 16.1. The lowest BCUT2D eigenvalue weighted by Gasteiger charge is -2.21. The Kier molecular flexibility index (Phi) is 5.36. The van der Waals surface area contributed by atoms with Crippen LogP contribution >= 0.6 is 0 Å². The van der Waals surface area contributed by atoms with Gasteiger partial charge in [-0.1, -0.05) is 37.5 Å². The molecule has 0 aromatic heterocycles. The number of hydrogen-bond acceptors (Lipinski definition) is 2. The van der Waals surface area contributed by atoms with Crippen LogP contribution in [-0.4, -0.2) is 25.5 Å². The molecule has 1 saturated heterocycles. The van der Waals surface area contributed by atoms with Crippen molar-refractivity contribution < 1.29 is 4.79 Å². The molecule has 0 unspecified atom stereocenters. The first-order chi connectivity index (χ1) is 10.8. The van der Waals surface area contributed by atoms with Crippen molar-refractivity contribution in [1.82, 2.24) is 5.32 Å². The van der Waals surface area contributed by atoms with Crippen LogP contribution < -0.4 is 10.2 Å². The maximum Gasteiger partial charge on any atom is 0.220 e. The second-order valence-electron chi connectivity index (χ2n) is 6.95. The number of rotatable bonds is 5. The van der Waals surface area contributed by atoms with Gasteiger partial charge in [0.1, 0.15) is 0 Å². The van der Waals surface area contributed by atoms with Crippen molar-refractivity contribution in [3.63, 3.8) is 0 Å². The second-order valence-corrected chi connectivity index (χ2v) is 6.95. The molecular formula is C19H28N2O. The van der Waals surface area contributed by atoms with Gasteiger partial charge in [0, 0.05) is 31.7 Å². The van der Waals surface area contributed by atoms with Crippen LogP contribution in [0.3, 0.4) is 0 Å². The molecule has 0 radical (unpaired) electrons. The molecule has 1 heterocycles. The number of nitrogens with one attached hydrogen (secondary N) is 1. The van der Waals surface area contributed by atoms with Gasteiger partial charge in [0.25, 0.3) is 0 Å². The molecule has 3 rings (SSSR count). The summed E-state index contributed by atoms with van der Waals surface area (Å²) in [7, 11) is 0. The molecule has 0 bridgehead atoms. The smallest absolute Gasteiger partial charge is 0.220 e. The van der Waals surface area contributed by atoms with Gasteiger partial charge in [-0.05, 0) is 43.2 Å². The van der Waals surface area contributed by atoms with E-state index in [1.807, 2.05) is 0 Å². The average Bonchev–Trinajstić information content (AvgIpc) is 3.04. The van der Waals surface area contributed by atoms with Crippen molar-refractivity contribution in [2.45, 2.75) is 44.9 Å². The van der Waals surface area contributed by atoms with E-state index in [9.17, 15) is 4.79 Å². The fraction of sp³-hybridized carbons (Fsp3) is 0.632. The number of amides is 1. The van der Waals surface area contributed by atoms with Crippen molar-refractivity contribution in [3.05, 3.63) is 30.3 Å². The first-order valence-corrected chi connectivity index (χ1v) is 8.88. The molecule has 1 saturated carbocycles. The molecule has 2 fully saturated rings. The van der Waals surface area contributed by atoms with E-state index in [0.29, 0.717) is 11.8 Å². The monoisotopic (exact) mass is 300 g/mol. The van der Waals surface area contributed by atoms with Gasteiger partial charge < -0.3 is 10.2 Å². The molecule has 3 heteroatoms. The van der Waals surface area contributed by atoms with Gasteiger partial charge in [-0.15, -0.1) is 0 Å². The lowest BCUT2D eigenvalue weighted by Crippen LogP contribution is -2.32. The molecular weight excluding hydrogens is 272 g/mol. The third-order valence-electron chi connectivity index (χ3n) is 5.19. The van der Waals surface area contributed by atoms with Gasteiger partial charge in [0.2, 0.25) is 5.91 Å². The van der Waals surface area contributed by atoms with Crippen LogP contribution in [0.2, 0.25) is 0 Å². The number of benzene rings is 1. The molecule has 1 aliphatic carbocycles. The SMILES string of the molecule is O=C(CC1CCCCC1)NC[C@H]1CCN(c2ccccc2)C1. The number of carbonyl (C=O) groups is 1. The third kappa shape index (κ3) is 4.25. The van der Waals surface area contributed by atoms with Crippen LogP contribution in [0.1, 0.15) is 44.9 Å². The fourth-order valence-corrected chi connectivity index (χ4v) is 3.86. The lowest BCUT2D eigenvalue weighted by molar-refractivity contribution is -0.122. The Labute approximate surface area is 134 Å². The van der Waals surface area contributed by atoms with Crippen LogP contribution in [-0.2, 0) is 4.79 Å². The van der Waals surface area contributed by atoms with Gasteiger partial charge in [0.05, 0.1) is 0 Å². The fourth-order valence-electron chi connectivity index (χ4n) is 3.86. The van der Waals surface area contributed by atoms with Gasteiger partial charge >= 0.3 is 0 Å². The summed E-state index contributed by atoms with van der Waals surface area (Å²) in [6, 6.07) is 10.6. The van der Waals surface area contributed by atoms with E-state index in [2.05, 4.69) is 40.5 Å². The van der Waals surface area contributed by atoms with E-state index in [1.54, 1.807) is 0 Å². The molecule has 22 heavy (non-hydrogen) atoms. The second kappa shape index (κ2) is 7.66. The highest BCUT2D eigenvalue weighted by Gasteiger charge is 2.23. The van der Waals surface area contributed by atoms with Gasteiger partial charge in [-0.2, -0.15) is 0 Å². The molecule has 3 nitrogen and oxygen atoms in total. The summed E-state index contributed by atoms with van der Waals surface area (Å²) in [5, 5.41) is 3.18. The summed E-state index contributed by atoms with van der Waals surface area (Å²) in [4.78, 5) is 14.5. The highest BCUT2D eigenvalue weighted by Crippen LogP contribution is 2.26. The van der Waals surface area contributed by atoms with Crippen LogP contribution in [0.5, 0.6) is 0 Å². The largest absolute Gasteiger partial charge is 0.371 e. The molecule has 1 atom stereocenters. The predicted molar refractivity (Wildman–Crippen MR) is 91.0 cm³/mol. The van der Waals surface area contributed by atoms with E-state index in [0.717, 1.165) is 26.1 Å². The van der Waals surface area contributed by atoms with Gasteiger partial charge in [0.15, 0.2) is 0 Å². The van der Waals surface area contributed by atoms with E-state index in [4.69, 9.17) is 0 Å². The molecule has 1 amide bonds. The first kappa shape index (κ1) is 15.4. The highest BCUT2D eigenvalue weighted by molar-refractivity contribution is 5.76. The number of hydrogen-bond donors (Lipinski definition) is 1. The van der Waals surface area contributed by atoms with Crippen molar-refractivity contribution in [2.24, 2.45) is 11.8 Å². The van der Waals surface area contributed by atoms with Crippen molar-refractivity contribution >= 4 is 11.6 Å². The minimum absolute atomic E-state index is 0.269. The summed E-state index contributed by atoms with van der Waals surface area (Å²) in [5.74, 6) is 1.50. The minimum atomic E-state index is 0.269. The Morgan fingerprint density at radius 2 is 1.82 bits per heavy atom. The number of carbonyl (C=O) groups excluding carboxylic acids is 1. The normalized spacial score (nSPS) is 22.7. The van der Waals surface area contributed by atoms with E-state index in [-0.39, 0.29) is 5.91 Å². The molecule has 2 aliphatic rings. The molecule has 1 N–H and O–H groups in total. The van der Waals surface area contributed by atoms with Crippen molar-refractivity contribution in [3.8, 4) is 0 Å². The van der Waals surface area contributed by atoms with E-state index >= 15 is 0 Å². The van der Waals surface area contributed by atoms with Crippen molar-refractivity contribution in [2.75, 3.05) is 24.5 Å². The molecule has 0 spiro atoms. The molecule has 1 aromatic rings. The Balaban J connectivity index is 1.38. The van der Waals surface area contributed by atoms with Crippen LogP contribution in [0.15, 0.2) is 30.3 Å². The zero-order chi connectivity index (χ0) is 15.2. The Hall–Kier alpha value is -1.51. The van der Waals surface area contributed by atoms with Gasteiger partial charge in [-0.25, -0.2) is 0 Å². The summed E-state index contributed by atoms with van der Waals surface area (Å²) in [5.41, 5.74) is 1.30. The first-order valence-electron chi connectivity index (χ1n) is 8.88. The minimum Gasteiger partial charge on any atom is -0.371 e. The van der Waals surface area contributed by atoms with Crippen molar-refractivity contribution in [1.29, 1.82) is 0 Å². The number of nitrogens with zero attached hydrogens (tertiary/aromatic N) is 1. The predicted octanol–water partition coefficient (Wildman–Crippen LogP) is 3.60. The molecule has 120 valence electrons. The third-order valence-corrected chi connectivity index (χ3v) is 5.19. The zero-order valence-corrected chi connectivity index (χ0v) is 13.5. The quantitative estimate of drug-likeness (QED) is 0.901. The summed E-state index contributed by atoms with van der Waals surface area (Å²) in [6.45, 7) is 3.01. The van der Waals surface area contributed by atoms with E-state index in [1.165, 1.54) is 44.2 Å². The van der Waals surface area contributed by atoms with Crippen LogP contribution in [0, 0.1) is 11.8 Å². The molecule has 1 aliphatic heterocycles. The number of para-hydroxylation sites is 1. The average molecular weight is 300 g/mol. The summed E-state index contributed by atoms with van der Waals surface area (Å²) in [6.07, 6.45) is 8.40. The van der Waals surface area contributed by atoms with Crippen LogP contribution in [0.25, 0.3) is 0 Å². The summed E-state index contributed by atoms with van der Waals surface area (Å²) < 4.78 is 0. The van der Waals surface area contributed by atoms with Gasteiger partial charge in [-0.3, -0.25) is 4.79 Å². The Morgan fingerprint density at radius 3 is 2.59 bits per heavy atom. The van der Waals surface area contributed by atoms with E-state index < -0.39 is 0 Å². The Morgan fingerprint density at radius 1 is 1.05 bits per heavy atom.